The molecule has 3 aromatic rings. The zero-order chi connectivity index (χ0) is 18.9. The minimum absolute atomic E-state index is 0.0597. The Morgan fingerprint density at radius 1 is 1.15 bits per heavy atom. The quantitative estimate of drug-likeness (QED) is 0.647. The number of rotatable bonds is 5. The van der Waals surface area contributed by atoms with Gasteiger partial charge in [-0.2, -0.15) is 8.42 Å². The summed E-state index contributed by atoms with van der Waals surface area (Å²) in [5.41, 5.74) is 0.762. The highest BCUT2D eigenvalue weighted by Crippen LogP contribution is 2.26. The van der Waals surface area contributed by atoms with Gasteiger partial charge < -0.3 is 4.42 Å². The van der Waals surface area contributed by atoms with E-state index in [4.69, 9.17) is 21.2 Å². The van der Waals surface area contributed by atoms with E-state index in [0.717, 1.165) is 0 Å². The fourth-order valence-corrected chi connectivity index (χ4v) is 3.35. The molecule has 3 N–H and O–H groups in total. The molecule has 26 heavy (non-hydrogen) atoms. The fraction of sp³-hybridized carbons (Fsp3) is 0.118. The van der Waals surface area contributed by atoms with E-state index >= 15 is 0 Å². The summed E-state index contributed by atoms with van der Waals surface area (Å²) in [5, 5.41) is 5.77. The molecule has 0 aliphatic rings. The molecule has 0 aliphatic heterocycles. The Morgan fingerprint density at radius 2 is 1.92 bits per heavy atom. The van der Waals surface area contributed by atoms with Crippen molar-refractivity contribution in [3.05, 3.63) is 74.6 Å². The first-order valence-corrected chi connectivity index (χ1v) is 9.39. The third kappa shape index (κ3) is 4.04. The molecule has 0 saturated heterocycles. The van der Waals surface area contributed by atoms with Crippen LogP contribution in [-0.4, -0.2) is 8.42 Å². The summed E-state index contributed by atoms with van der Waals surface area (Å²) < 4.78 is 43.4. The van der Waals surface area contributed by atoms with Gasteiger partial charge in [0.2, 0.25) is 0 Å². The zero-order valence-electron chi connectivity index (χ0n) is 13.3. The second-order valence-electron chi connectivity index (χ2n) is 5.64. The third-order valence-electron chi connectivity index (χ3n) is 3.78. The van der Waals surface area contributed by atoms with Crippen LogP contribution in [0.1, 0.15) is 16.7 Å². The second kappa shape index (κ2) is 7.06. The number of nitrogens with two attached hydrogens (primary N) is 1. The molecule has 0 unspecified atom stereocenters. The van der Waals surface area contributed by atoms with Crippen molar-refractivity contribution in [3.63, 3.8) is 0 Å². The van der Waals surface area contributed by atoms with Crippen LogP contribution in [0.25, 0.3) is 11.0 Å². The molecule has 0 radical (unpaired) electrons. The van der Waals surface area contributed by atoms with Crippen molar-refractivity contribution in [1.82, 2.24) is 0 Å². The zero-order valence-corrected chi connectivity index (χ0v) is 14.9. The lowest BCUT2D eigenvalue weighted by atomic mass is 9.99. The molecule has 0 spiro atoms. The standard InChI is InChI=1S/C17H14ClFN2O4S/c18-11-4-5-16-13(8-11)15(9-19)14(17(22)25-16)7-10-2-1-3-12(6-10)21-26(20,23)24/h1-6,8,21H,7,9H2,(H2,20,23,24). The van der Waals surface area contributed by atoms with Gasteiger partial charge in [0.1, 0.15) is 12.3 Å². The van der Waals surface area contributed by atoms with Gasteiger partial charge in [-0.25, -0.2) is 14.3 Å². The van der Waals surface area contributed by atoms with Gasteiger partial charge in [0.05, 0.1) is 5.69 Å². The largest absolute Gasteiger partial charge is 0.422 e. The third-order valence-corrected chi connectivity index (χ3v) is 4.54. The number of hydrogen-bond donors (Lipinski definition) is 2. The molecule has 0 fully saturated rings. The summed E-state index contributed by atoms with van der Waals surface area (Å²) in [7, 11) is -3.93. The number of fused-ring (bicyclic) bond motifs is 1. The molecule has 0 bridgehead atoms. The number of nitrogens with one attached hydrogen (secondary N) is 1. The van der Waals surface area contributed by atoms with Crippen LogP contribution in [0, 0.1) is 0 Å². The van der Waals surface area contributed by atoms with Crippen molar-refractivity contribution < 1.29 is 17.2 Å². The summed E-state index contributed by atoms with van der Waals surface area (Å²) in [6, 6.07) is 10.9. The van der Waals surface area contributed by atoms with Gasteiger partial charge in [0.25, 0.3) is 10.2 Å². The highest BCUT2D eigenvalue weighted by Gasteiger charge is 2.16. The maximum Gasteiger partial charge on any atom is 0.340 e. The van der Waals surface area contributed by atoms with Crippen LogP contribution in [0.3, 0.4) is 0 Å². The van der Waals surface area contributed by atoms with Crippen molar-refractivity contribution in [2.45, 2.75) is 13.1 Å². The number of benzene rings is 2. The maximum atomic E-state index is 13.7. The van der Waals surface area contributed by atoms with Crippen LogP contribution in [0.4, 0.5) is 10.1 Å². The van der Waals surface area contributed by atoms with Crippen LogP contribution in [-0.2, 0) is 23.3 Å². The molecular formula is C17H14ClFN2O4S. The van der Waals surface area contributed by atoms with E-state index in [1.54, 1.807) is 18.2 Å². The molecular weight excluding hydrogens is 383 g/mol. The van der Waals surface area contributed by atoms with Crippen LogP contribution in [0.2, 0.25) is 5.02 Å². The van der Waals surface area contributed by atoms with Gasteiger partial charge in [-0.1, -0.05) is 23.7 Å². The molecule has 1 aromatic heterocycles. The Bertz CT molecular complexity index is 1150. The highest BCUT2D eigenvalue weighted by molar-refractivity contribution is 7.90. The number of halogens is 2. The van der Waals surface area contributed by atoms with Crippen LogP contribution < -0.4 is 15.5 Å². The molecule has 0 aliphatic carbocycles. The minimum atomic E-state index is -3.93. The van der Waals surface area contributed by atoms with Gasteiger partial charge in [0, 0.05) is 28.0 Å². The Labute approximate surface area is 153 Å². The number of anilines is 1. The number of alkyl halides is 1. The molecule has 136 valence electrons. The molecule has 9 heteroatoms. The van der Waals surface area contributed by atoms with E-state index in [0.29, 0.717) is 16.0 Å². The molecule has 0 atom stereocenters. The van der Waals surface area contributed by atoms with E-state index in [9.17, 15) is 17.6 Å². The fourth-order valence-electron chi connectivity index (χ4n) is 2.72. The predicted octanol–water partition coefficient (Wildman–Crippen LogP) is 3.12. The van der Waals surface area contributed by atoms with E-state index in [-0.39, 0.29) is 28.8 Å². The lowest BCUT2D eigenvalue weighted by Gasteiger charge is -2.10. The molecule has 6 nitrogen and oxygen atoms in total. The maximum absolute atomic E-state index is 13.7. The topological polar surface area (TPSA) is 102 Å². The Hall–Kier alpha value is -2.42. The Morgan fingerprint density at radius 3 is 2.62 bits per heavy atom. The van der Waals surface area contributed by atoms with E-state index in [1.165, 1.54) is 24.3 Å². The average molecular weight is 397 g/mol. The average Bonchev–Trinajstić information content (AvgIpc) is 2.55. The van der Waals surface area contributed by atoms with Crippen molar-refractivity contribution in [1.29, 1.82) is 0 Å². The summed E-state index contributed by atoms with van der Waals surface area (Å²) >= 11 is 5.96. The van der Waals surface area contributed by atoms with Gasteiger partial charge in [-0.3, -0.25) is 4.72 Å². The normalized spacial score (nSPS) is 11.7. The molecule has 0 saturated carbocycles. The minimum Gasteiger partial charge on any atom is -0.422 e. The summed E-state index contributed by atoms with van der Waals surface area (Å²) in [4.78, 5) is 12.3. The van der Waals surface area contributed by atoms with Crippen molar-refractivity contribution in [2.24, 2.45) is 5.14 Å². The van der Waals surface area contributed by atoms with E-state index < -0.39 is 22.5 Å². The van der Waals surface area contributed by atoms with Gasteiger partial charge >= 0.3 is 5.63 Å². The van der Waals surface area contributed by atoms with Gasteiger partial charge in [0.15, 0.2) is 0 Å². The smallest absolute Gasteiger partial charge is 0.340 e. The Balaban J connectivity index is 2.08. The lowest BCUT2D eigenvalue weighted by Crippen LogP contribution is -2.21. The summed E-state index contributed by atoms with van der Waals surface area (Å²) in [5.74, 6) is 0. The first-order valence-electron chi connectivity index (χ1n) is 7.46. The number of hydrogen-bond acceptors (Lipinski definition) is 4. The van der Waals surface area contributed by atoms with Crippen molar-refractivity contribution in [3.8, 4) is 0 Å². The highest BCUT2D eigenvalue weighted by atomic mass is 35.5. The van der Waals surface area contributed by atoms with Gasteiger partial charge in [-0.05, 0) is 35.9 Å². The SMILES string of the molecule is NS(=O)(=O)Nc1cccc(Cc2c(CF)c3cc(Cl)ccc3oc2=O)c1. The van der Waals surface area contributed by atoms with E-state index in [2.05, 4.69) is 4.72 Å². The van der Waals surface area contributed by atoms with E-state index in [1.807, 2.05) is 0 Å². The molecule has 0 amide bonds. The van der Waals surface area contributed by atoms with Gasteiger partial charge in [-0.15, -0.1) is 0 Å². The van der Waals surface area contributed by atoms with Crippen LogP contribution >= 0.6 is 11.6 Å². The lowest BCUT2D eigenvalue weighted by molar-refractivity contribution is 0.476. The molecule has 3 rings (SSSR count). The second-order valence-corrected chi connectivity index (χ2v) is 7.38. The monoisotopic (exact) mass is 396 g/mol. The predicted molar refractivity (Wildman–Crippen MR) is 98.3 cm³/mol. The first kappa shape index (κ1) is 18.4. The van der Waals surface area contributed by atoms with Crippen LogP contribution in [0.15, 0.2) is 51.7 Å². The summed E-state index contributed by atoms with van der Waals surface area (Å²) in [6.45, 7) is -0.868. The molecule has 2 aromatic carbocycles. The molecule has 1 heterocycles. The van der Waals surface area contributed by atoms with Crippen LogP contribution in [0.5, 0.6) is 0 Å². The first-order chi connectivity index (χ1) is 12.3. The van der Waals surface area contributed by atoms with Crippen molar-refractivity contribution >= 4 is 38.5 Å². The Kier molecular flexibility index (Phi) is 4.99. The summed E-state index contributed by atoms with van der Waals surface area (Å²) in [6.07, 6.45) is 0.0597. The van der Waals surface area contributed by atoms with Crippen molar-refractivity contribution in [2.75, 3.05) is 4.72 Å².